The zero-order valence-corrected chi connectivity index (χ0v) is 10.1. The number of anilines is 2. The van der Waals surface area contributed by atoms with Gasteiger partial charge in [-0.15, -0.1) is 0 Å². The van der Waals surface area contributed by atoms with Crippen LogP contribution in [0.5, 0.6) is 0 Å². The number of nitrogen functional groups attached to an aromatic ring is 1. The molecule has 0 saturated carbocycles. The van der Waals surface area contributed by atoms with Gasteiger partial charge in [0.1, 0.15) is 5.82 Å². The highest BCUT2D eigenvalue weighted by molar-refractivity contribution is 5.67. The molecule has 0 heterocycles. The lowest BCUT2D eigenvalue weighted by Crippen LogP contribution is -2.16. The van der Waals surface area contributed by atoms with Crippen LogP contribution in [0.3, 0.4) is 0 Å². The SMILES string of the molecule is Nc1c(F)cc(F)cc1NC(CO)c1ccccc1. The number of hydrogen-bond donors (Lipinski definition) is 3. The lowest BCUT2D eigenvalue weighted by atomic mass is 10.1. The molecule has 0 bridgehead atoms. The molecule has 0 amide bonds. The molecule has 0 spiro atoms. The summed E-state index contributed by atoms with van der Waals surface area (Å²) in [6, 6.07) is 10.4. The third kappa shape index (κ3) is 3.00. The third-order valence-corrected chi connectivity index (χ3v) is 2.81. The number of hydrogen-bond acceptors (Lipinski definition) is 3. The van der Waals surface area contributed by atoms with Crippen molar-refractivity contribution in [3.8, 4) is 0 Å². The molecule has 4 N–H and O–H groups in total. The molecule has 0 radical (unpaired) electrons. The highest BCUT2D eigenvalue weighted by atomic mass is 19.1. The Bertz CT molecular complexity index is 561. The smallest absolute Gasteiger partial charge is 0.151 e. The lowest BCUT2D eigenvalue weighted by molar-refractivity contribution is 0.276. The van der Waals surface area contributed by atoms with Crippen molar-refractivity contribution in [2.24, 2.45) is 0 Å². The van der Waals surface area contributed by atoms with Crippen molar-refractivity contribution < 1.29 is 13.9 Å². The average molecular weight is 264 g/mol. The Morgan fingerprint density at radius 3 is 2.47 bits per heavy atom. The zero-order valence-electron chi connectivity index (χ0n) is 10.1. The van der Waals surface area contributed by atoms with Gasteiger partial charge in [-0.3, -0.25) is 0 Å². The van der Waals surface area contributed by atoms with Crippen LogP contribution in [0.25, 0.3) is 0 Å². The minimum atomic E-state index is -0.827. The van der Waals surface area contributed by atoms with Crippen molar-refractivity contribution in [1.29, 1.82) is 0 Å². The van der Waals surface area contributed by atoms with Crippen LogP contribution in [0.15, 0.2) is 42.5 Å². The fraction of sp³-hybridized carbons (Fsp3) is 0.143. The highest BCUT2D eigenvalue weighted by Gasteiger charge is 2.14. The number of aliphatic hydroxyl groups is 1. The lowest BCUT2D eigenvalue weighted by Gasteiger charge is -2.19. The number of nitrogens with two attached hydrogens (primary N) is 1. The minimum absolute atomic E-state index is 0.125. The Kier molecular flexibility index (Phi) is 3.97. The van der Waals surface area contributed by atoms with Crippen molar-refractivity contribution >= 4 is 11.4 Å². The molecule has 19 heavy (non-hydrogen) atoms. The molecule has 2 aromatic rings. The monoisotopic (exact) mass is 264 g/mol. The van der Waals surface area contributed by atoms with E-state index in [1.165, 1.54) is 0 Å². The Hall–Kier alpha value is -2.14. The van der Waals surface area contributed by atoms with E-state index in [1.54, 1.807) is 12.1 Å². The van der Waals surface area contributed by atoms with Crippen LogP contribution in [0.1, 0.15) is 11.6 Å². The molecular formula is C14H14F2N2O. The van der Waals surface area contributed by atoms with Crippen LogP contribution in [-0.2, 0) is 0 Å². The molecule has 2 aromatic carbocycles. The Morgan fingerprint density at radius 2 is 1.84 bits per heavy atom. The predicted molar refractivity (Wildman–Crippen MR) is 70.7 cm³/mol. The molecule has 0 aromatic heterocycles. The maximum Gasteiger partial charge on any atom is 0.151 e. The summed E-state index contributed by atoms with van der Waals surface area (Å²) in [6.45, 7) is -0.221. The van der Waals surface area contributed by atoms with Gasteiger partial charge in [-0.05, 0) is 11.6 Å². The van der Waals surface area contributed by atoms with E-state index in [0.717, 1.165) is 17.7 Å². The number of halogens is 2. The topological polar surface area (TPSA) is 58.3 Å². The minimum Gasteiger partial charge on any atom is -0.395 e. The van der Waals surface area contributed by atoms with Gasteiger partial charge in [0.25, 0.3) is 0 Å². The molecule has 2 rings (SSSR count). The van der Waals surface area contributed by atoms with E-state index in [-0.39, 0.29) is 18.0 Å². The van der Waals surface area contributed by atoms with E-state index in [4.69, 9.17) is 5.73 Å². The molecule has 0 fully saturated rings. The molecular weight excluding hydrogens is 250 g/mol. The molecule has 1 unspecified atom stereocenters. The average Bonchev–Trinajstić information content (AvgIpc) is 2.42. The fourth-order valence-corrected chi connectivity index (χ4v) is 1.81. The molecule has 0 aliphatic rings. The summed E-state index contributed by atoms with van der Waals surface area (Å²) in [6.07, 6.45) is 0. The molecule has 3 nitrogen and oxygen atoms in total. The second kappa shape index (κ2) is 5.67. The molecule has 0 aliphatic carbocycles. The van der Waals surface area contributed by atoms with Crippen molar-refractivity contribution in [3.05, 3.63) is 59.7 Å². The Morgan fingerprint density at radius 1 is 1.16 bits per heavy atom. The molecule has 5 heteroatoms. The summed E-state index contributed by atoms with van der Waals surface area (Å²) in [5.41, 5.74) is 6.30. The van der Waals surface area contributed by atoms with Crippen LogP contribution < -0.4 is 11.1 Å². The number of aliphatic hydroxyl groups excluding tert-OH is 1. The maximum atomic E-state index is 13.3. The van der Waals surface area contributed by atoms with Gasteiger partial charge in [0.05, 0.1) is 24.0 Å². The van der Waals surface area contributed by atoms with Gasteiger partial charge in [-0.1, -0.05) is 30.3 Å². The summed E-state index contributed by atoms with van der Waals surface area (Å²) in [5.74, 6) is -1.55. The zero-order chi connectivity index (χ0) is 13.8. The summed E-state index contributed by atoms with van der Waals surface area (Å²) < 4.78 is 26.5. The first-order valence-corrected chi connectivity index (χ1v) is 5.78. The van der Waals surface area contributed by atoms with Gasteiger partial charge in [0.15, 0.2) is 5.82 Å². The van der Waals surface area contributed by atoms with Gasteiger partial charge in [0.2, 0.25) is 0 Å². The molecule has 100 valence electrons. The van der Waals surface area contributed by atoms with Crippen LogP contribution in [0.2, 0.25) is 0 Å². The van der Waals surface area contributed by atoms with Crippen LogP contribution in [0.4, 0.5) is 20.2 Å². The maximum absolute atomic E-state index is 13.3. The first kappa shape index (κ1) is 13.3. The van der Waals surface area contributed by atoms with E-state index in [1.807, 2.05) is 18.2 Å². The predicted octanol–water partition coefficient (Wildman–Crippen LogP) is 2.69. The normalized spacial score (nSPS) is 12.2. The summed E-state index contributed by atoms with van der Waals surface area (Å²) in [7, 11) is 0. The van der Waals surface area contributed by atoms with Crippen LogP contribution in [0, 0.1) is 11.6 Å². The highest BCUT2D eigenvalue weighted by Crippen LogP contribution is 2.27. The quantitative estimate of drug-likeness (QED) is 0.744. The first-order chi connectivity index (χ1) is 9.11. The standard InChI is InChI=1S/C14H14F2N2O/c15-10-6-11(16)14(17)12(7-10)18-13(8-19)9-4-2-1-3-5-9/h1-7,13,18-19H,8,17H2. The van der Waals surface area contributed by atoms with Crippen LogP contribution in [-0.4, -0.2) is 11.7 Å². The van der Waals surface area contributed by atoms with E-state index < -0.39 is 17.7 Å². The Labute approximate surface area is 109 Å². The molecule has 1 atom stereocenters. The van der Waals surface area contributed by atoms with Gasteiger partial charge in [0, 0.05) is 6.07 Å². The number of nitrogens with one attached hydrogen (secondary N) is 1. The summed E-state index contributed by atoms with van der Waals surface area (Å²) in [4.78, 5) is 0. The van der Waals surface area contributed by atoms with E-state index in [9.17, 15) is 13.9 Å². The number of rotatable bonds is 4. The van der Waals surface area contributed by atoms with Gasteiger partial charge in [-0.25, -0.2) is 8.78 Å². The second-order valence-corrected chi connectivity index (χ2v) is 4.14. The van der Waals surface area contributed by atoms with Crippen LogP contribution >= 0.6 is 0 Å². The van der Waals surface area contributed by atoms with E-state index >= 15 is 0 Å². The summed E-state index contributed by atoms with van der Waals surface area (Å²) >= 11 is 0. The van der Waals surface area contributed by atoms with Gasteiger partial charge in [-0.2, -0.15) is 0 Å². The summed E-state index contributed by atoms with van der Waals surface area (Å²) in [5, 5.41) is 12.2. The van der Waals surface area contributed by atoms with Gasteiger partial charge < -0.3 is 16.2 Å². The van der Waals surface area contributed by atoms with Crippen molar-refractivity contribution in [2.45, 2.75) is 6.04 Å². The fourth-order valence-electron chi connectivity index (χ4n) is 1.81. The molecule has 0 aliphatic heterocycles. The largest absolute Gasteiger partial charge is 0.395 e. The van der Waals surface area contributed by atoms with E-state index in [2.05, 4.69) is 5.32 Å². The second-order valence-electron chi connectivity index (χ2n) is 4.14. The first-order valence-electron chi connectivity index (χ1n) is 5.78. The van der Waals surface area contributed by atoms with Crippen molar-refractivity contribution in [1.82, 2.24) is 0 Å². The van der Waals surface area contributed by atoms with E-state index in [0.29, 0.717) is 0 Å². The third-order valence-electron chi connectivity index (χ3n) is 2.81. The number of benzene rings is 2. The van der Waals surface area contributed by atoms with Crippen molar-refractivity contribution in [3.63, 3.8) is 0 Å². The Balaban J connectivity index is 2.29. The van der Waals surface area contributed by atoms with Gasteiger partial charge >= 0.3 is 0 Å². The molecule has 0 saturated heterocycles. The van der Waals surface area contributed by atoms with Crippen molar-refractivity contribution in [2.75, 3.05) is 17.7 Å².